The zero-order valence-corrected chi connectivity index (χ0v) is 16.2. The molecule has 1 saturated heterocycles. The van der Waals surface area contributed by atoms with Crippen molar-refractivity contribution in [1.29, 1.82) is 5.26 Å². The van der Waals surface area contributed by atoms with Crippen LogP contribution in [-0.2, 0) is 16.0 Å². The Morgan fingerprint density at radius 1 is 1.28 bits per heavy atom. The van der Waals surface area contributed by atoms with Crippen molar-refractivity contribution in [3.8, 4) is 6.07 Å². The van der Waals surface area contributed by atoms with Gasteiger partial charge in [0.05, 0.1) is 10.2 Å². The second kappa shape index (κ2) is 8.58. The van der Waals surface area contributed by atoms with Gasteiger partial charge in [0.1, 0.15) is 16.7 Å². The molecule has 0 spiro atoms. The Kier molecular flexibility index (Phi) is 5.95. The summed E-state index contributed by atoms with van der Waals surface area (Å²) < 4.78 is 0. The van der Waals surface area contributed by atoms with Crippen LogP contribution in [0, 0.1) is 21.4 Å². The van der Waals surface area contributed by atoms with E-state index in [0.29, 0.717) is 11.3 Å². The summed E-state index contributed by atoms with van der Waals surface area (Å²) in [6.07, 6.45) is 0.227. The molecule has 9 heteroatoms. The summed E-state index contributed by atoms with van der Waals surface area (Å²) in [5, 5.41) is 22.6. The molecule has 1 aliphatic heterocycles. The Hall–Kier alpha value is -3.64. The normalized spacial score (nSPS) is 17.6. The van der Waals surface area contributed by atoms with Gasteiger partial charge in [0.25, 0.3) is 11.6 Å². The number of nitrogens with zero attached hydrogens (tertiary/aromatic N) is 3. The van der Waals surface area contributed by atoms with Gasteiger partial charge in [0.2, 0.25) is 5.91 Å². The maximum Gasteiger partial charge on any atom is 0.269 e. The molecule has 2 aromatic rings. The first-order chi connectivity index (χ1) is 14.0. The smallest absolute Gasteiger partial charge is 0.269 e. The van der Waals surface area contributed by atoms with E-state index in [1.165, 1.54) is 24.1 Å². The highest BCUT2D eigenvalue weighted by Gasteiger charge is 2.40. The second-order valence-electron chi connectivity index (χ2n) is 6.12. The van der Waals surface area contributed by atoms with Crippen molar-refractivity contribution in [2.75, 3.05) is 11.9 Å². The van der Waals surface area contributed by atoms with E-state index in [-0.39, 0.29) is 28.6 Å². The zero-order valence-electron chi connectivity index (χ0n) is 15.4. The van der Waals surface area contributed by atoms with Gasteiger partial charge in [0, 0.05) is 24.9 Å². The average molecular weight is 408 g/mol. The van der Waals surface area contributed by atoms with E-state index in [2.05, 4.69) is 5.32 Å². The first-order valence-corrected chi connectivity index (χ1v) is 9.49. The van der Waals surface area contributed by atoms with E-state index in [0.717, 1.165) is 11.8 Å². The molecule has 0 unspecified atom stereocenters. The third kappa shape index (κ3) is 4.12. The highest BCUT2D eigenvalue weighted by Crippen LogP contribution is 2.41. The van der Waals surface area contributed by atoms with Crippen LogP contribution in [0.5, 0.6) is 0 Å². The molecule has 1 N–H and O–H groups in total. The number of hydrogen-bond acceptors (Lipinski definition) is 6. The van der Waals surface area contributed by atoms with Crippen LogP contribution in [0.1, 0.15) is 5.56 Å². The molecular weight excluding hydrogens is 392 g/mol. The van der Waals surface area contributed by atoms with Gasteiger partial charge in [-0.1, -0.05) is 42.1 Å². The van der Waals surface area contributed by atoms with Crippen molar-refractivity contribution >= 4 is 35.0 Å². The molecule has 8 nitrogen and oxygen atoms in total. The fourth-order valence-corrected chi connectivity index (χ4v) is 4.24. The van der Waals surface area contributed by atoms with E-state index in [1.54, 1.807) is 42.5 Å². The summed E-state index contributed by atoms with van der Waals surface area (Å²) >= 11 is 1.11. The minimum atomic E-state index is -0.625. The van der Waals surface area contributed by atoms with Crippen molar-refractivity contribution in [1.82, 2.24) is 5.32 Å². The van der Waals surface area contributed by atoms with Gasteiger partial charge in [-0.25, -0.2) is 0 Å². The number of nitriles is 1. The molecule has 0 radical (unpaired) electrons. The van der Waals surface area contributed by atoms with E-state index in [1.807, 2.05) is 6.07 Å². The summed E-state index contributed by atoms with van der Waals surface area (Å²) in [4.78, 5) is 37.2. The number of benzene rings is 2. The van der Waals surface area contributed by atoms with Gasteiger partial charge in [-0.2, -0.15) is 5.26 Å². The quantitative estimate of drug-likeness (QED) is 0.352. The Labute approximate surface area is 171 Å². The van der Waals surface area contributed by atoms with Crippen LogP contribution in [0.15, 0.2) is 65.2 Å². The number of likely N-dealkylation sites (N-methyl/N-ethyl adjacent to an activating group) is 1. The number of non-ortho nitro benzene ring substituents is 1. The molecule has 146 valence electrons. The van der Waals surface area contributed by atoms with Crippen molar-refractivity contribution in [3.05, 3.63) is 80.9 Å². The highest BCUT2D eigenvalue weighted by atomic mass is 32.2. The molecule has 1 heterocycles. The molecular formula is C20H16N4O4S. The lowest BCUT2D eigenvalue weighted by molar-refractivity contribution is -0.384. The molecule has 1 aliphatic rings. The van der Waals surface area contributed by atoms with Crippen LogP contribution >= 0.6 is 11.8 Å². The SMILES string of the molecule is CNC(=O)/C(C#N)=C1/S[C@H](Cc2cccc([N+](=O)[O-])c2)C(=O)N1c1ccccc1. The maximum atomic E-state index is 13.2. The Morgan fingerprint density at radius 2 is 2.00 bits per heavy atom. The zero-order chi connectivity index (χ0) is 21.0. The monoisotopic (exact) mass is 408 g/mol. The largest absolute Gasteiger partial charge is 0.354 e. The number of nitro benzene ring substituents is 1. The van der Waals surface area contributed by atoms with Gasteiger partial charge in [-0.15, -0.1) is 0 Å². The number of nitrogens with one attached hydrogen (secondary N) is 1. The number of para-hydroxylation sites is 1. The molecule has 2 amide bonds. The number of hydrogen-bond donors (Lipinski definition) is 1. The summed E-state index contributed by atoms with van der Waals surface area (Å²) in [6.45, 7) is 0. The number of rotatable bonds is 5. The van der Waals surface area contributed by atoms with Crippen molar-refractivity contribution in [2.24, 2.45) is 0 Å². The molecule has 2 aromatic carbocycles. The van der Waals surface area contributed by atoms with Gasteiger partial charge >= 0.3 is 0 Å². The summed E-state index contributed by atoms with van der Waals surface area (Å²) in [7, 11) is 1.41. The first-order valence-electron chi connectivity index (χ1n) is 8.61. The molecule has 3 rings (SSSR count). The van der Waals surface area contributed by atoms with Crippen molar-refractivity contribution < 1.29 is 14.5 Å². The molecule has 1 fully saturated rings. The molecule has 0 aliphatic carbocycles. The van der Waals surface area contributed by atoms with Gasteiger partial charge in [-0.05, 0) is 24.1 Å². The van der Waals surface area contributed by atoms with Crippen LogP contribution in [0.4, 0.5) is 11.4 Å². The molecule has 1 atom stereocenters. The lowest BCUT2D eigenvalue weighted by Crippen LogP contribution is -2.31. The lowest BCUT2D eigenvalue weighted by atomic mass is 10.1. The van der Waals surface area contributed by atoms with Gasteiger partial charge in [-0.3, -0.25) is 24.6 Å². The number of carbonyl (C=O) groups excluding carboxylic acids is 2. The first kappa shape index (κ1) is 20.1. The van der Waals surface area contributed by atoms with E-state index in [9.17, 15) is 25.0 Å². The highest BCUT2D eigenvalue weighted by molar-refractivity contribution is 8.05. The van der Waals surface area contributed by atoms with Crippen LogP contribution < -0.4 is 10.2 Å². The molecule has 0 aromatic heterocycles. The number of carbonyl (C=O) groups is 2. The van der Waals surface area contributed by atoms with E-state index in [4.69, 9.17) is 0 Å². The Bertz CT molecular complexity index is 1050. The predicted octanol–water partition coefficient (Wildman–Crippen LogP) is 2.77. The fraction of sp³-hybridized carbons (Fsp3) is 0.150. The number of amides is 2. The standard InChI is InChI=1S/C20H16N4O4S/c1-22-18(25)16(12-21)20-23(14-7-3-2-4-8-14)19(26)17(29-20)11-13-6-5-9-15(10-13)24(27)28/h2-10,17H,11H2,1H3,(H,22,25)/b20-16+/t17-/m1/s1. The van der Waals surface area contributed by atoms with Crippen molar-refractivity contribution in [2.45, 2.75) is 11.7 Å². The number of anilines is 1. The summed E-state index contributed by atoms with van der Waals surface area (Å²) in [5.74, 6) is -0.876. The van der Waals surface area contributed by atoms with Crippen molar-refractivity contribution in [3.63, 3.8) is 0 Å². The molecule has 29 heavy (non-hydrogen) atoms. The van der Waals surface area contributed by atoms with E-state index < -0.39 is 16.1 Å². The lowest BCUT2D eigenvalue weighted by Gasteiger charge is -2.18. The maximum absolute atomic E-state index is 13.2. The second-order valence-corrected chi connectivity index (χ2v) is 7.31. The fourth-order valence-electron chi connectivity index (χ4n) is 2.93. The van der Waals surface area contributed by atoms with Gasteiger partial charge in [0.15, 0.2) is 0 Å². The van der Waals surface area contributed by atoms with Crippen LogP contribution in [-0.4, -0.2) is 29.0 Å². The van der Waals surface area contributed by atoms with Crippen LogP contribution in [0.25, 0.3) is 0 Å². The number of nitro groups is 1. The predicted molar refractivity (Wildman–Crippen MR) is 109 cm³/mol. The van der Waals surface area contributed by atoms with Crippen LogP contribution in [0.3, 0.4) is 0 Å². The Morgan fingerprint density at radius 3 is 2.62 bits per heavy atom. The minimum Gasteiger partial charge on any atom is -0.354 e. The summed E-state index contributed by atoms with van der Waals surface area (Å²) in [6, 6.07) is 16.7. The summed E-state index contributed by atoms with van der Waals surface area (Å²) in [5.41, 5.74) is 0.948. The minimum absolute atomic E-state index is 0.0586. The third-order valence-electron chi connectivity index (χ3n) is 4.29. The Balaban J connectivity index is 2.02. The topological polar surface area (TPSA) is 116 Å². The van der Waals surface area contributed by atoms with Crippen LogP contribution in [0.2, 0.25) is 0 Å². The van der Waals surface area contributed by atoms with E-state index >= 15 is 0 Å². The van der Waals surface area contributed by atoms with Gasteiger partial charge < -0.3 is 5.32 Å². The molecule has 0 bridgehead atoms. The number of thioether (sulfide) groups is 1. The molecule has 0 saturated carbocycles. The third-order valence-corrected chi connectivity index (χ3v) is 5.55. The average Bonchev–Trinajstić information content (AvgIpc) is 3.05.